The first-order valence-corrected chi connectivity index (χ1v) is 2.97. The first-order valence-electron chi connectivity index (χ1n) is 2.97. The largest absolute Gasteiger partial charge is 0.412 e. The third-order valence-corrected chi connectivity index (χ3v) is 0.498. The summed E-state index contributed by atoms with van der Waals surface area (Å²) in [7, 11) is 0. The molecule has 0 spiro atoms. The van der Waals surface area contributed by atoms with Gasteiger partial charge in [-0.25, -0.2) is 0 Å². The molecular formula is C7H16O3. The molecule has 0 aromatic rings. The normalized spacial score (nSPS) is 6.40. The van der Waals surface area contributed by atoms with E-state index in [2.05, 4.69) is 0 Å². The second-order valence-corrected chi connectivity index (χ2v) is 1.96. The molecule has 0 aromatic heterocycles. The minimum atomic E-state index is 0. The second-order valence-electron chi connectivity index (χ2n) is 1.96. The highest BCUT2D eigenvalue weighted by atomic mass is 16.1. The monoisotopic (exact) mass is 148 g/mol. The van der Waals surface area contributed by atoms with E-state index in [0.717, 1.165) is 0 Å². The Bertz CT molecular complexity index is 93.0. The molecule has 0 rings (SSSR count). The Morgan fingerprint density at radius 3 is 1.20 bits per heavy atom. The van der Waals surface area contributed by atoms with E-state index in [0.29, 0.717) is 6.42 Å². The fourth-order valence-corrected chi connectivity index (χ4v) is 0. The van der Waals surface area contributed by atoms with E-state index >= 15 is 0 Å². The van der Waals surface area contributed by atoms with Gasteiger partial charge in [0.1, 0.15) is 11.6 Å². The van der Waals surface area contributed by atoms with Gasteiger partial charge in [-0.15, -0.1) is 0 Å². The molecule has 2 N–H and O–H groups in total. The summed E-state index contributed by atoms with van der Waals surface area (Å²) < 4.78 is 0. The van der Waals surface area contributed by atoms with E-state index in [1.54, 1.807) is 6.92 Å². The van der Waals surface area contributed by atoms with Crippen LogP contribution in [0.15, 0.2) is 0 Å². The number of hydrogen-bond donors (Lipinski definition) is 0. The Labute approximate surface area is 61.7 Å². The van der Waals surface area contributed by atoms with Gasteiger partial charge < -0.3 is 15.1 Å². The average Bonchev–Trinajstić information content (AvgIpc) is 1.65. The Hall–Kier alpha value is -0.700. The predicted molar refractivity (Wildman–Crippen MR) is 40.9 cm³/mol. The average molecular weight is 148 g/mol. The number of hydrogen-bond acceptors (Lipinski definition) is 2. The van der Waals surface area contributed by atoms with Crippen LogP contribution in [-0.2, 0) is 9.59 Å². The zero-order valence-corrected chi connectivity index (χ0v) is 7.02. The molecule has 0 aliphatic carbocycles. The minimum absolute atomic E-state index is 0. The van der Waals surface area contributed by atoms with E-state index in [1.807, 2.05) is 6.92 Å². The Morgan fingerprint density at radius 1 is 1.10 bits per heavy atom. The Morgan fingerprint density at radius 2 is 1.20 bits per heavy atom. The summed E-state index contributed by atoms with van der Waals surface area (Å²) in [5.74, 6) is 0.421. The molecule has 3 heteroatoms. The predicted octanol–water partition coefficient (Wildman–Crippen LogP) is 0.756. The van der Waals surface area contributed by atoms with Gasteiger partial charge in [0.05, 0.1) is 0 Å². The fraction of sp³-hybridized carbons (Fsp3) is 0.714. The standard InChI is InChI=1S/C4H8O.C3H6O.H2O/c1-3-4(2)5;1-3(2)4;/h3H2,1-2H3;1-2H3;1H2. The number of ketones is 2. The van der Waals surface area contributed by atoms with Crippen molar-refractivity contribution in [3.05, 3.63) is 0 Å². The lowest BCUT2D eigenvalue weighted by Gasteiger charge is -1.71. The van der Waals surface area contributed by atoms with Crippen molar-refractivity contribution in [3.8, 4) is 0 Å². The van der Waals surface area contributed by atoms with Crippen LogP contribution in [0.5, 0.6) is 0 Å². The van der Waals surface area contributed by atoms with Crippen LogP contribution in [0, 0.1) is 0 Å². The Balaban J connectivity index is -0.0000000910. The van der Waals surface area contributed by atoms with E-state index < -0.39 is 0 Å². The number of carbonyl (C=O) groups excluding carboxylic acids is 2. The molecular weight excluding hydrogens is 132 g/mol. The van der Waals surface area contributed by atoms with Crippen molar-refractivity contribution in [1.29, 1.82) is 0 Å². The summed E-state index contributed by atoms with van der Waals surface area (Å²) in [4.78, 5) is 19.3. The van der Waals surface area contributed by atoms with E-state index in [4.69, 9.17) is 0 Å². The maximum atomic E-state index is 9.81. The van der Waals surface area contributed by atoms with Crippen molar-refractivity contribution < 1.29 is 15.1 Å². The number of rotatable bonds is 1. The van der Waals surface area contributed by atoms with Crippen molar-refractivity contribution in [2.45, 2.75) is 34.1 Å². The zero-order chi connectivity index (χ0) is 7.86. The SMILES string of the molecule is CC(C)=O.CCC(C)=O.O. The highest BCUT2D eigenvalue weighted by Crippen LogP contribution is 1.71. The zero-order valence-electron chi connectivity index (χ0n) is 7.02. The van der Waals surface area contributed by atoms with Crippen LogP contribution in [0.1, 0.15) is 34.1 Å². The van der Waals surface area contributed by atoms with Crippen LogP contribution in [0.4, 0.5) is 0 Å². The third kappa shape index (κ3) is 171. The molecule has 10 heavy (non-hydrogen) atoms. The smallest absolute Gasteiger partial charge is 0.129 e. The Kier molecular flexibility index (Phi) is 18.0. The van der Waals surface area contributed by atoms with Crippen LogP contribution in [0.3, 0.4) is 0 Å². The topological polar surface area (TPSA) is 65.6 Å². The molecule has 0 aliphatic heterocycles. The molecule has 0 fully saturated rings. The fourth-order valence-electron chi connectivity index (χ4n) is 0. The summed E-state index contributed by atoms with van der Waals surface area (Å²) in [6, 6.07) is 0. The summed E-state index contributed by atoms with van der Waals surface area (Å²) in [5, 5.41) is 0. The molecule has 0 saturated carbocycles. The van der Waals surface area contributed by atoms with Gasteiger partial charge in [0.15, 0.2) is 0 Å². The highest BCUT2D eigenvalue weighted by molar-refractivity contribution is 5.74. The second kappa shape index (κ2) is 11.1. The maximum absolute atomic E-state index is 9.81. The first kappa shape index (κ1) is 16.1. The molecule has 0 unspecified atom stereocenters. The lowest BCUT2D eigenvalue weighted by atomic mass is 10.4. The molecule has 3 nitrogen and oxygen atoms in total. The minimum Gasteiger partial charge on any atom is -0.412 e. The van der Waals surface area contributed by atoms with Crippen LogP contribution >= 0.6 is 0 Å². The van der Waals surface area contributed by atoms with Crippen molar-refractivity contribution in [2.75, 3.05) is 0 Å². The lowest BCUT2D eigenvalue weighted by Crippen LogP contribution is -1.80. The van der Waals surface area contributed by atoms with Crippen LogP contribution in [0.2, 0.25) is 0 Å². The van der Waals surface area contributed by atoms with Gasteiger partial charge in [-0.2, -0.15) is 0 Å². The third-order valence-electron chi connectivity index (χ3n) is 0.498. The van der Waals surface area contributed by atoms with Crippen LogP contribution in [-0.4, -0.2) is 17.0 Å². The van der Waals surface area contributed by atoms with Crippen molar-refractivity contribution in [3.63, 3.8) is 0 Å². The van der Waals surface area contributed by atoms with Gasteiger partial charge in [0.2, 0.25) is 0 Å². The molecule has 62 valence electrons. The lowest BCUT2D eigenvalue weighted by molar-refractivity contribution is -0.117. The van der Waals surface area contributed by atoms with Gasteiger partial charge in [0, 0.05) is 6.42 Å². The van der Waals surface area contributed by atoms with E-state index in [-0.39, 0.29) is 17.0 Å². The van der Waals surface area contributed by atoms with E-state index in [1.165, 1.54) is 13.8 Å². The maximum Gasteiger partial charge on any atom is 0.129 e. The van der Waals surface area contributed by atoms with Crippen LogP contribution < -0.4 is 0 Å². The summed E-state index contributed by atoms with van der Waals surface area (Å²) in [6.45, 7) is 6.49. The van der Waals surface area contributed by atoms with Crippen molar-refractivity contribution >= 4 is 11.6 Å². The molecule has 0 amide bonds. The quantitative estimate of drug-likeness (QED) is 0.551. The molecule has 0 heterocycles. The first-order chi connectivity index (χ1) is 4.00. The van der Waals surface area contributed by atoms with Gasteiger partial charge in [0.25, 0.3) is 0 Å². The summed E-state index contributed by atoms with van der Waals surface area (Å²) >= 11 is 0. The summed E-state index contributed by atoms with van der Waals surface area (Å²) in [5.41, 5.74) is 0. The molecule has 0 bridgehead atoms. The van der Waals surface area contributed by atoms with Crippen molar-refractivity contribution in [2.24, 2.45) is 0 Å². The molecule has 0 aromatic carbocycles. The molecule has 0 radical (unpaired) electrons. The summed E-state index contributed by atoms with van der Waals surface area (Å²) in [6.07, 6.45) is 0.667. The van der Waals surface area contributed by atoms with Crippen LogP contribution in [0.25, 0.3) is 0 Å². The molecule has 0 saturated heterocycles. The molecule has 0 atom stereocenters. The highest BCUT2D eigenvalue weighted by Gasteiger charge is 1.76. The number of Topliss-reactive ketones (excluding diaryl/α,β-unsaturated/α-hetero) is 2. The van der Waals surface area contributed by atoms with Gasteiger partial charge >= 0.3 is 0 Å². The van der Waals surface area contributed by atoms with Crippen molar-refractivity contribution in [1.82, 2.24) is 0 Å². The molecule has 0 aliphatic rings. The van der Waals surface area contributed by atoms with Gasteiger partial charge in [-0.05, 0) is 20.8 Å². The number of carbonyl (C=O) groups is 2. The van der Waals surface area contributed by atoms with Gasteiger partial charge in [-0.3, -0.25) is 0 Å². The van der Waals surface area contributed by atoms with E-state index in [9.17, 15) is 9.59 Å². The van der Waals surface area contributed by atoms with Gasteiger partial charge in [-0.1, -0.05) is 6.92 Å².